The Hall–Kier alpha value is -3.68. The predicted molar refractivity (Wildman–Crippen MR) is 112 cm³/mol. The van der Waals surface area contributed by atoms with Gasteiger partial charge in [-0.25, -0.2) is 0 Å². The molecule has 0 spiro atoms. The fraction of sp³-hybridized carbons (Fsp3) is 0.273. The molecular weight excluding hydrogens is 386 g/mol. The quantitative estimate of drug-likeness (QED) is 0.323. The molecule has 8 nitrogen and oxygen atoms in total. The van der Waals surface area contributed by atoms with E-state index in [1.165, 1.54) is 19.2 Å². The molecule has 0 fully saturated rings. The molecule has 156 valence electrons. The maximum Gasteiger partial charge on any atom is 0.310 e. The summed E-state index contributed by atoms with van der Waals surface area (Å²) in [5.41, 5.74) is 1.69. The van der Waals surface area contributed by atoms with E-state index < -0.39 is 10.8 Å². The first-order valence-electron chi connectivity index (χ1n) is 9.52. The molecule has 1 atom stereocenters. The van der Waals surface area contributed by atoms with E-state index >= 15 is 0 Å². The number of benzene rings is 2. The average Bonchev–Trinajstić information content (AvgIpc) is 3.15. The molecule has 1 aromatic heterocycles. The molecule has 0 saturated carbocycles. The van der Waals surface area contributed by atoms with Gasteiger partial charge in [-0.3, -0.25) is 19.7 Å². The van der Waals surface area contributed by atoms with Crippen LogP contribution in [0.3, 0.4) is 0 Å². The molecule has 3 rings (SSSR count). The zero-order chi connectivity index (χ0) is 21.7. The fourth-order valence-electron chi connectivity index (χ4n) is 3.35. The molecule has 0 saturated heterocycles. The molecular formula is C22H23N3O5. The van der Waals surface area contributed by atoms with Crippen LogP contribution in [0.15, 0.2) is 60.8 Å². The summed E-state index contributed by atoms with van der Waals surface area (Å²) in [6.45, 7) is 2.38. The largest absolute Gasteiger partial charge is 0.469 e. The fourth-order valence-corrected chi connectivity index (χ4v) is 3.35. The predicted octanol–water partition coefficient (Wildman–Crippen LogP) is 3.39. The van der Waals surface area contributed by atoms with Crippen molar-refractivity contribution in [1.82, 2.24) is 9.47 Å². The van der Waals surface area contributed by atoms with Crippen LogP contribution in [-0.2, 0) is 27.4 Å². The number of hydrogen-bond donors (Lipinski definition) is 0. The van der Waals surface area contributed by atoms with Crippen molar-refractivity contribution < 1.29 is 19.2 Å². The number of nitro groups is 1. The van der Waals surface area contributed by atoms with Crippen LogP contribution in [-0.4, -0.2) is 39.9 Å². The van der Waals surface area contributed by atoms with Crippen LogP contribution in [0.4, 0.5) is 5.69 Å². The van der Waals surface area contributed by atoms with Crippen molar-refractivity contribution in [3.8, 4) is 0 Å². The summed E-state index contributed by atoms with van der Waals surface area (Å²) in [5, 5.41) is 11.7. The van der Waals surface area contributed by atoms with Gasteiger partial charge in [-0.1, -0.05) is 37.3 Å². The SMILES string of the molecule is COC(=O)C(C)CN(Cc1ccccc1)C(=O)Cn1ccc2cc([N+](=O)[O-])ccc21. The third-order valence-electron chi connectivity index (χ3n) is 4.94. The van der Waals surface area contributed by atoms with Crippen molar-refractivity contribution in [1.29, 1.82) is 0 Å². The summed E-state index contributed by atoms with van der Waals surface area (Å²) in [4.78, 5) is 37.2. The number of amides is 1. The van der Waals surface area contributed by atoms with E-state index in [0.717, 1.165) is 11.1 Å². The Bertz CT molecular complexity index is 1060. The Labute approximate surface area is 173 Å². The minimum atomic E-state index is -0.466. The van der Waals surface area contributed by atoms with Gasteiger partial charge >= 0.3 is 5.97 Å². The molecule has 0 radical (unpaired) electrons. The standard InChI is InChI=1S/C22H23N3O5/c1-16(22(27)30-2)13-24(14-17-6-4-3-5-7-17)21(26)15-23-11-10-18-12-19(25(28)29)8-9-20(18)23/h3-12,16H,13-15H2,1-2H3. The highest BCUT2D eigenvalue weighted by Gasteiger charge is 2.22. The Morgan fingerprint density at radius 2 is 1.90 bits per heavy atom. The van der Waals surface area contributed by atoms with Crippen LogP contribution in [0, 0.1) is 16.0 Å². The number of carbonyl (C=O) groups excluding carboxylic acids is 2. The third-order valence-corrected chi connectivity index (χ3v) is 4.94. The van der Waals surface area contributed by atoms with E-state index in [-0.39, 0.29) is 30.7 Å². The highest BCUT2D eigenvalue weighted by Crippen LogP contribution is 2.22. The van der Waals surface area contributed by atoms with Gasteiger partial charge in [0.15, 0.2) is 0 Å². The maximum atomic E-state index is 13.1. The van der Waals surface area contributed by atoms with Crippen LogP contribution in [0.2, 0.25) is 0 Å². The summed E-state index contributed by atoms with van der Waals surface area (Å²) < 4.78 is 6.55. The molecule has 0 N–H and O–H groups in total. The van der Waals surface area contributed by atoms with E-state index in [0.29, 0.717) is 11.9 Å². The lowest BCUT2D eigenvalue weighted by Gasteiger charge is -2.25. The first-order chi connectivity index (χ1) is 14.4. The van der Waals surface area contributed by atoms with E-state index in [1.54, 1.807) is 34.7 Å². The van der Waals surface area contributed by atoms with Gasteiger partial charge < -0.3 is 14.2 Å². The number of esters is 1. The molecule has 3 aromatic rings. The molecule has 1 heterocycles. The van der Waals surface area contributed by atoms with Crippen molar-refractivity contribution >= 4 is 28.5 Å². The zero-order valence-corrected chi connectivity index (χ0v) is 16.9. The Morgan fingerprint density at radius 3 is 2.57 bits per heavy atom. The van der Waals surface area contributed by atoms with Gasteiger partial charge in [0.05, 0.1) is 18.0 Å². The average molecular weight is 409 g/mol. The summed E-state index contributed by atoms with van der Waals surface area (Å²) in [6, 6.07) is 15.8. The Kier molecular flexibility index (Phi) is 6.46. The maximum absolute atomic E-state index is 13.1. The van der Waals surface area contributed by atoms with Crippen molar-refractivity contribution in [2.24, 2.45) is 5.92 Å². The molecule has 0 aliphatic heterocycles. The Balaban J connectivity index is 1.82. The molecule has 0 bridgehead atoms. The summed E-state index contributed by atoms with van der Waals surface area (Å²) in [5.74, 6) is -1.00. The third kappa shape index (κ3) is 4.83. The molecule has 1 unspecified atom stereocenters. The van der Waals surface area contributed by atoms with E-state index in [9.17, 15) is 19.7 Å². The first-order valence-corrected chi connectivity index (χ1v) is 9.52. The van der Waals surface area contributed by atoms with Gasteiger partial charge in [-0.2, -0.15) is 0 Å². The number of nitrogens with zero attached hydrogens (tertiary/aromatic N) is 3. The minimum Gasteiger partial charge on any atom is -0.469 e. The van der Waals surface area contributed by atoms with E-state index in [2.05, 4.69) is 0 Å². The number of nitro benzene ring substituents is 1. The monoisotopic (exact) mass is 409 g/mol. The second kappa shape index (κ2) is 9.21. The second-order valence-corrected chi connectivity index (χ2v) is 7.13. The van der Waals surface area contributed by atoms with Crippen LogP contribution in [0.5, 0.6) is 0 Å². The number of non-ortho nitro benzene ring substituents is 1. The van der Waals surface area contributed by atoms with E-state index in [1.807, 2.05) is 30.3 Å². The summed E-state index contributed by atoms with van der Waals surface area (Å²) in [7, 11) is 1.33. The lowest BCUT2D eigenvalue weighted by molar-refractivity contribution is -0.384. The number of ether oxygens (including phenoxy) is 1. The van der Waals surface area contributed by atoms with Gasteiger partial charge in [0.25, 0.3) is 5.69 Å². The normalized spacial score (nSPS) is 11.8. The van der Waals surface area contributed by atoms with Gasteiger partial charge in [-0.05, 0) is 17.7 Å². The molecule has 2 aromatic carbocycles. The summed E-state index contributed by atoms with van der Waals surface area (Å²) >= 11 is 0. The number of fused-ring (bicyclic) bond motifs is 1. The molecule has 8 heteroatoms. The Morgan fingerprint density at radius 1 is 1.17 bits per heavy atom. The number of carbonyl (C=O) groups is 2. The van der Waals surface area contributed by atoms with Crippen molar-refractivity contribution in [3.63, 3.8) is 0 Å². The highest BCUT2D eigenvalue weighted by molar-refractivity contribution is 5.85. The highest BCUT2D eigenvalue weighted by atomic mass is 16.6. The van der Waals surface area contributed by atoms with Crippen LogP contribution in [0.25, 0.3) is 10.9 Å². The van der Waals surface area contributed by atoms with E-state index in [4.69, 9.17) is 4.74 Å². The van der Waals surface area contributed by atoms with Crippen LogP contribution in [0.1, 0.15) is 12.5 Å². The number of hydrogen-bond acceptors (Lipinski definition) is 5. The van der Waals surface area contributed by atoms with Gasteiger partial charge in [0, 0.05) is 42.3 Å². The first kappa shape index (κ1) is 21.0. The smallest absolute Gasteiger partial charge is 0.310 e. The van der Waals surface area contributed by atoms with Crippen molar-refractivity contribution in [2.45, 2.75) is 20.0 Å². The van der Waals surface area contributed by atoms with Crippen molar-refractivity contribution in [2.75, 3.05) is 13.7 Å². The van der Waals surface area contributed by atoms with Crippen LogP contribution < -0.4 is 0 Å². The van der Waals surface area contributed by atoms with Crippen LogP contribution >= 0.6 is 0 Å². The molecule has 30 heavy (non-hydrogen) atoms. The van der Waals surface area contributed by atoms with Gasteiger partial charge in [-0.15, -0.1) is 0 Å². The lowest BCUT2D eigenvalue weighted by atomic mass is 10.1. The molecule has 0 aliphatic carbocycles. The van der Waals surface area contributed by atoms with Gasteiger partial charge in [0.1, 0.15) is 6.54 Å². The minimum absolute atomic E-state index is 0.00387. The number of rotatable bonds is 8. The number of methoxy groups -OCH3 is 1. The van der Waals surface area contributed by atoms with Crippen molar-refractivity contribution in [3.05, 3.63) is 76.5 Å². The lowest BCUT2D eigenvalue weighted by Crippen LogP contribution is -2.38. The molecule has 0 aliphatic rings. The number of aromatic nitrogens is 1. The zero-order valence-electron chi connectivity index (χ0n) is 16.9. The summed E-state index contributed by atoms with van der Waals surface area (Å²) in [6.07, 6.45) is 1.73. The molecule has 1 amide bonds. The second-order valence-electron chi connectivity index (χ2n) is 7.13. The topological polar surface area (TPSA) is 94.7 Å². The van der Waals surface area contributed by atoms with Gasteiger partial charge in [0.2, 0.25) is 5.91 Å².